The predicted molar refractivity (Wildman–Crippen MR) is 129 cm³/mol. The molecule has 2 heterocycles. The minimum atomic E-state index is -3.77. The summed E-state index contributed by atoms with van der Waals surface area (Å²) in [6, 6.07) is 13.3. The van der Waals surface area contributed by atoms with Gasteiger partial charge in [-0.2, -0.15) is 0 Å². The molecule has 0 radical (unpaired) electrons. The van der Waals surface area contributed by atoms with Crippen molar-refractivity contribution in [1.29, 1.82) is 0 Å². The summed E-state index contributed by atoms with van der Waals surface area (Å²) >= 11 is 7.25. The van der Waals surface area contributed by atoms with Crippen molar-refractivity contribution >= 4 is 49.7 Å². The van der Waals surface area contributed by atoms with Crippen molar-refractivity contribution in [3.8, 4) is 17.0 Å². The molecule has 33 heavy (non-hydrogen) atoms. The van der Waals surface area contributed by atoms with Crippen LogP contribution in [0.4, 0.5) is 16.8 Å². The standard InChI is InChI=1S/C21H19ClN6O3S2/c1-3-31-19-12-14(22)4-9-17(19)18-10-11-23-20(25-18)24-15-5-7-16(8-6-15)33(29,30)28-21-27-26-13(2)32-21/h4-12H,3H2,1-2H3,(H,27,28)(H,23,24,25). The summed E-state index contributed by atoms with van der Waals surface area (Å²) in [6.45, 7) is 4.13. The van der Waals surface area contributed by atoms with E-state index in [9.17, 15) is 8.42 Å². The molecule has 0 aliphatic heterocycles. The number of ether oxygens (including phenoxy) is 1. The van der Waals surface area contributed by atoms with Gasteiger partial charge in [0.15, 0.2) is 0 Å². The van der Waals surface area contributed by atoms with E-state index in [1.165, 1.54) is 12.1 Å². The van der Waals surface area contributed by atoms with Crippen molar-refractivity contribution in [1.82, 2.24) is 20.2 Å². The molecule has 0 bridgehead atoms. The van der Waals surface area contributed by atoms with E-state index in [1.807, 2.05) is 13.0 Å². The number of nitrogens with zero attached hydrogens (tertiary/aromatic N) is 4. The molecule has 0 aliphatic carbocycles. The Morgan fingerprint density at radius 3 is 2.58 bits per heavy atom. The van der Waals surface area contributed by atoms with Crippen LogP contribution in [0.3, 0.4) is 0 Å². The molecule has 0 saturated carbocycles. The lowest BCUT2D eigenvalue weighted by molar-refractivity contribution is 0.341. The van der Waals surface area contributed by atoms with Crippen LogP contribution in [0, 0.1) is 6.92 Å². The van der Waals surface area contributed by atoms with Gasteiger partial charge in [0, 0.05) is 22.5 Å². The zero-order valence-electron chi connectivity index (χ0n) is 17.6. The highest BCUT2D eigenvalue weighted by atomic mass is 35.5. The summed E-state index contributed by atoms with van der Waals surface area (Å²) < 4.78 is 33.2. The number of hydrogen-bond donors (Lipinski definition) is 2. The number of aromatic nitrogens is 4. The van der Waals surface area contributed by atoms with E-state index >= 15 is 0 Å². The van der Waals surface area contributed by atoms with Gasteiger partial charge in [-0.25, -0.2) is 18.4 Å². The van der Waals surface area contributed by atoms with Crippen LogP contribution in [0.1, 0.15) is 11.9 Å². The highest BCUT2D eigenvalue weighted by Crippen LogP contribution is 2.32. The Bertz CT molecular complexity index is 1380. The second-order valence-corrected chi connectivity index (χ2v) is 10.0. The second kappa shape index (κ2) is 9.69. The molecule has 4 rings (SSSR count). The van der Waals surface area contributed by atoms with Gasteiger partial charge < -0.3 is 10.1 Å². The number of sulfonamides is 1. The molecule has 12 heteroatoms. The van der Waals surface area contributed by atoms with E-state index in [4.69, 9.17) is 16.3 Å². The van der Waals surface area contributed by atoms with Crippen LogP contribution >= 0.6 is 22.9 Å². The summed E-state index contributed by atoms with van der Waals surface area (Å²) in [6.07, 6.45) is 1.63. The number of anilines is 3. The molecule has 0 aliphatic rings. The average molecular weight is 503 g/mol. The molecule has 170 valence electrons. The minimum Gasteiger partial charge on any atom is -0.493 e. The third-order valence-corrected chi connectivity index (χ3v) is 6.82. The lowest BCUT2D eigenvalue weighted by Crippen LogP contribution is -2.12. The van der Waals surface area contributed by atoms with Gasteiger partial charge >= 0.3 is 0 Å². The number of halogens is 1. The summed E-state index contributed by atoms with van der Waals surface area (Å²) in [5, 5.41) is 12.1. The Hall–Kier alpha value is -3.28. The quantitative estimate of drug-likeness (QED) is 0.349. The maximum Gasteiger partial charge on any atom is 0.263 e. The molecular weight excluding hydrogens is 484 g/mol. The zero-order valence-corrected chi connectivity index (χ0v) is 20.0. The average Bonchev–Trinajstić information content (AvgIpc) is 3.18. The topological polar surface area (TPSA) is 119 Å². The van der Waals surface area contributed by atoms with Crippen LogP contribution in [-0.2, 0) is 10.0 Å². The summed E-state index contributed by atoms with van der Waals surface area (Å²) in [5.41, 5.74) is 2.06. The van der Waals surface area contributed by atoms with Crippen molar-refractivity contribution in [3.05, 3.63) is 64.8 Å². The normalized spacial score (nSPS) is 11.2. The summed E-state index contributed by atoms with van der Waals surface area (Å²) in [4.78, 5) is 8.90. The highest BCUT2D eigenvalue weighted by Gasteiger charge is 2.16. The van der Waals surface area contributed by atoms with E-state index in [2.05, 4.69) is 30.2 Å². The fraction of sp³-hybridized carbons (Fsp3) is 0.143. The summed E-state index contributed by atoms with van der Waals surface area (Å²) in [5.74, 6) is 0.977. The Labute approximate surface area is 199 Å². The zero-order chi connectivity index (χ0) is 23.4. The van der Waals surface area contributed by atoms with Crippen molar-refractivity contribution < 1.29 is 13.2 Å². The van der Waals surface area contributed by atoms with Crippen molar-refractivity contribution in [2.75, 3.05) is 16.6 Å². The van der Waals surface area contributed by atoms with Gasteiger partial charge in [0.1, 0.15) is 10.8 Å². The van der Waals surface area contributed by atoms with Crippen molar-refractivity contribution in [2.45, 2.75) is 18.7 Å². The van der Waals surface area contributed by atoms with Crippen molar-refractivity contribution in [2.24, 2.45) is 0 Å². The molecule has 0 saturated heterocycles. The van der Waals surface area contributed by atoms with Gasteiger partial charge in [0.05, 0.1) is 17.2 Å². The second-order valence-electron chi connectivity index (χ2n) is 6.72. The van der Waals surface area contributed by atoms with Crippen molar-refractivity contribution in [3.63, 3.8) is 0 Å². The molecule has 0 amide bonds. The van der Waals surface area contributed by atoms with E-state index in [1.54, 1.807) is 43.5 Å². The largest absolute Gasteiger partial charge is 0.493 e. The fourth-order valence-electron chi connectivity index (χ4n) is 2.91. The van der Waals surface area contributed by atoms with Gasteiger partial charge in [-0.3, -0.25) is 4.72 Å². The first-order valence-electron chi connectivity index (χ1n) is 9.80. The maximum atomic E-state index is 12.6. The number of benzene rings is 2. The van der Waals surface area contributed by atoms with Gasteiger partial charge in [-0.1, -0.05) is 22.9 Å². The number of aryl methyl sites for hydroxylation is 1. The van der Waals surface area contributed by atoms with Crippen LogP contribution in [-0.4, -0.2) is 35.2 Å². The maximum absolute atomic E-state index is 12.6. The monoisotopic (exact) mass is 502 g/mol. The lowest BCUT2D eigenvalue weighted by atomic mass is 10.1. The molecular formula is C21H19ClN6O3S2. The van der Waals surface area contributed by atoms with Gasteiger partial charge in [-0.15, -0.1) is 10.2 Å². The molecule has 4 aromatic rings. The van der Waals surface area contributed by atoms with Crippen LogP contribution in [0.15, 0.2) is 59.6 Å². The van der Waals surface area contributed by atoms with Crippen LogP contribution in [0.25, 0.3) is 11.3 Å². The first-order chi connectivity index (χ1) is 15.8. The molecule has 0 unspecified atom stereocenters. The molecule has 2 aromatic heterocycles. The SMILES string of the molecule is CCOc1cc(Cl)ccc1-c1ccnc(Nc2ccc(S(=O)(=O)Nc3nnc(C)s3)cc2)n1. The smallest absolute Gasteiger partial charge is 0.263 e. The van der Waals surface area contributed by atoms with E-state index in [0.29, 0.717) is 39.7 Å². The third-order valence-electron chi connectivity index (χ3n) is 4.34. The Morgan fingerprint density at radius 2 is 1.88 bits per heavy atom. The first-order valence-corrected chi connectivity index (χ1v) is 12.5. The molecule has 0 atom stereocenters. The Morgan fingerprint density at radius 1 is 1.09 bits per heavy atom. The number of hydrogen-bond acceptors (Lipinski definition) is 9. The molecule has 2 N–H and O–H groups in total. The van der Waals surface area contributed by atoms with Gasteiger partial charge in [0.25, 0.3) is 10.0 Å². The molecule has 2 aromatic carbocycles. The Balaban J connectivity index is 1.52. The van der Waals surface area contributed by atoms with Gasteiger partial charge in [0.2, 0.25) is 11.1 Å². The van der Waals surface area contributed by atoms with Crippen LogP contribution < -0.4 is 14.8 Å². The number of nitrogens with one attached hydrogen (secondary N) is 2. The van der Waals surface area contributed by atoms with Gasteiger partial charge in [-0.05, 0) is 62.4 Å². The van der Waals surface area contributed by atoms with Crippen LogP contribution in [0.2, 0.25) is 5.02 Å². The first kappa shape index (κ1) is 22.9. The Kier molecular flexibility index (Phi) is 6.72. The minimum absolute atomic E-state index is 0.0955. The van der Waals surface area contributed by atoms with Crippen LogP contribution in [0.5, 0.6) is 5.75 Å². The van der Waals surface area contributed by atoms with E-state index < -0.39 is 10.0 Å². The van der Waals surface area contributed by atoms with E-state index in [-0.39, 0.29) is 10.0 Å². The fourth-order valence-corrected chi connectivity index (χ4v) is 4.89. The molecule has 9 nitrogen and oxygen atoms in total. The highest BCUT2D eigenvalue weighted by molar-refractivity contribution is 7.93. The summed E-state index contributed by atoms with van der Waals surface area (Å²) in [7, 11) is -3.77. The molecule has 0 spiro atoms. The van der Waals surface area contributed by atoms with E-state index in [0.717, 1.165) is 16.9 Å². The predicted octanol–water partition coefficient (Wildman–Crippen LogP) is 4.90. The molecule has 0 fully saturated rings. The number of rotatable bonds is 8. The lowest BCUT2D eigenvalue weighted by Gasteiger charge is -2.12. The third kappa shape index (κ3) is 5.56.